The number of rotatable bonds is 4. The van der Waals surface area contributed by atoms with Crippen LogP contribution in [0.15, 0.2) is 72.8 Å². The molecule has 124 valence electrons. The van der Waals surface area contributed by atoms with Gasteiger partial charge in [0.15, 0.2) is 5.78 Å². The van der Waals surface area contributed by atoms with E-state index in [-0.39, 0.29) is 22.8 Å². The third-order valence-electron chi connectivity index (χ3n) is 3.61. The van der Waals surface area contributed by atoms with Crippen molar-refractivity contribution in [2.45, 2.75) is 0 Å². The summed E-state index contributed by atoms with van der Waals surface area (Å²) in [6.45, 7) is 0. The lowest BCUT2D eigenvalue weighted by molar-refractivity contribution is 0.0734. The standard InChI is InChI=1S/C20H15NO4/c21-15-8-6-14(7-9-15)20(24)25-16-10-11-17(18(22)12-16)19(23)13-4-2-1-3-5-13/h1-12,22H,21H2. The second kappa shape index (κ2) is 6.88. The van der Waals surface area contributed by atoms with Gasteiger partial charge in [0.2, 0.25) is 0 Å². The molecule has 0 saturated carbocycles. The summed E-state index contributed by atoms with van der Waals surface area (Å²) < 4.78 is 5.21. The molecule has 0 heterocycles. The molecule has 0 unspecified atom stereocenters. The first kappa shape index (κ1) is 16.3. The Morgan fingerprint density at radius 3 is 2.16 bits per heavy atom. The average Bonchev–Trinajstić information content (AvgIpc) is 2.62. The Labute approximate surface area is 144 Å². The molecule has 3 N–H and O–H groups in total. The van der Waals surface area contributed by atoms with E-state index in [1.165, 1.54) is 18.2 Å². The number of hydrogen-bond donors (Lipinski definition) is 2. The summed E-state index contributed by atoms with van der Waals surface area (Å²) in [5.74, 6) is -1.00. The summed E-state index contributed by atoms with van der Waals surface area (Å²) in [6, 6.07) is 19.0. The highest BCUT2D eigenvalue weighted by Crippen LogP contribution is 2.26. The minimum atomic E-state index is -0.582. The molecule has 5 heteroatoms. The van der Waals surface area contributed by atoms with E-state index in [4.69, 9.17) is 10.5 Å². The van der Waals surface area contributed by atoms with E-state index in [9.17, 15) is 14.7 Å². The van der Waals surface area contributed by atoms with Crippen molar-refractivity contribution in [2.24, 2.45) is 0 Å². The number of anilines is 1. The molecule has 0 bridgehead atoms. The maximum atomic E-state index is 12.4. The number of benzene rings is 3. The lowest BCUT2D eigenvalue weighted by Crippen LogP contribution is -2.09. The molecule has 0 amide bonds. The first-order valence-corrected chi connectivity index (χ1v) is 7.55. The predicted molar refractivity (Wildman–Crippen MR) is 93.8 cm³/mol. The van der Waals surface area contributed by atoms with Crippen molar-refractivity contribution >= 4 is 17.4 Å². The van der Waals surface area contributed by atoms with Gasteiger partial charge in [0, 0.05) is 17.3 Å². The zero-order chi connectivity index (χ0) is 17.8. The Balaban J connectivity index is 1.79. The van der Waals surface area contributed by atoms with Gasteiger partial charge < -0.3 is 15.6 Å². The van der Waals surface area contributed by atoms with Gasteiger partial charge in [-0.1, -0.05) is 30.3 Å². The lowest BCUT2D eigenvalue weighted by Gasteiger charge is -2.08. The third kappa shape index (κ3) is 3.67. The summed E-state index contributed by atoms with van der Waals surface area (Å²) in [6.07, 6.45) is 0. The van der Waals surface area contributed by atoms with Crippen LogP contribution in [-0.2, 0) is 0 Å². The summed E-state index contributed by atoms with van der Waals surface area (Å²) in [7, 11) is 0. The maximum Gasteiger partial charge on any atom is 0.343 e. The number of carbonyl (C=O) groups excluding carboxylic acids is 2. The quantitative estimate of drug-likeness (QED) is 0.330. The van der Waals surface area contributed by atoms with Crippen LogP contribution in [0.4, 0.5) is 5.69 Å². The van der Waals surface area contributed by atoms with Crippen LogP contribution in [0.5, 0.6) is 11.5 Å². The minimum Gasteiger partial charge on any atom is -0.507 e. The fourth-order valence-corrected chi connectivity index (χ4v) is 2.30. The number of carbonyl (C=O) groups is 2. The van der Waals surface area contributed by atoms with Gasteiger partial charge in [-0.2, -0.15) is 0 Å². The first-order chi connectivity index (χ1) is 12.0. The molecule has 5 nitrogen and oxygen atoms in total. The monoisotopic (exact) mass is 333 g/mol. The highest BCUT2D eigenvalue weighted by Gasteiger charge is 2.15. The smallest absolute Gasteiger partial charge is 0.343 e. The van der Waals surface area contributed by atoms with E-state index in [0.29, 0.717) is 16.8 Å². The first-order valence-electron chi connectivity index (χ1n) is 7.55. The number of phenols is 1. The van der Waals surface area contributed by atoms with Gasteiger partial charge in [-0.3, -0.25) is 4.79 Å². The zero-order valence-electron chi connectivity index (χ0n) is 13.2. The van der Waals surface area contributed by atoms with Gasteiger partial charge >= 0.3 is 5.97 Å². The number of esters is 1. The van der Waals surface area contributed by atoms with Crippen LogP contribution in [0.2, 0.25) is 0 Å². The van der Waals surface area contributed by atoms with E-state index < -0.39 is 5.97 Å². The SMILES string of the molecule is Nc1ccc(C(=O)Oc2ccc(C(=O)c3ccccc3)c(O)c2)cc1. The van der Waals surface area contributed by atoms with E-state index in [0.717, 1.165) is 0 Å². The fraction of sp³-hybridized carbons (Fsp3) is 0. The normalized spacial score (nSPS) is 10.2. The number of hydrogen-bond acceptors (Lipinski definition) is 5. The highest BCUT2D eigenvalue weighted by molar-refractivity contribution is 6.10. The number of ketones is 1. The summed E-state index contributed by atoms with van der Waals surface area (Å²) in [4.78, 5) is 24.4. The van der Waals surface area contributed by atoms with Crippen LogP contribution >= 0.6 is 0 Å². The van der Waals surface area contributed by atoms with Crippen molar-refractivity contribution in [2.75, 3.05) is 5.73 Å². The number of ether oxygens (including phenoxy) is 1. The summed E-state index contributed by atoms with van der Waals surface area (Å²) in [5.41, 5.74) is 7.05. The fourth-order valence-electron chi connectivity index (χ4n) is 2.30. The molecule has 0 spiro atoms. The van der Waals surface area contributed by atoms with Crippen LogP contribution in [0.3, 0.4) is 0 Å². The van der Waals surface area contributed by atoms with Gasteiger partial charge in [0.25, 0.3) is 0 Å². The van der Waals surface area contributed by atoms with Crippen LogP contribution in [0.25, 0.3) is 0 Å². The molecule has 25 heavy (non-hydrogen) atoms. The van der Waals surface area contributed by atoms with Gasteiger partial charge in [-0.05, 0) is 36.4 Å². The molecule has 3 rings (SSSR count). The molecule has 0 atom stereocenters. The highest BCUT2D eigenvalue weighted by atomic mass is 16.5. The molecule has 0 radical (unpaired) electrons. The molecular formula is C20H15NO4. The lowest BCUT2D eigenvalue weighted by atomic mass is 10.0. The zero-order valence-corrected chi connectivity index (χ0v) is 13.2. The molecule has 3 aromatic rings. The average molecular weight is 333 g/mol. The van der Waals surface area contributed by atoms with Crippen LogP contribution in [-0.4, -0.2) is 16.9 Å². The molecule has 0 saturated heterocycles. The van der Waals surface area contributed by atoms with Crippen molar-refractivity contribution < 1.29 is 19.4 Å². The number of aromatic hydroxyl groups is 1. The Hall–Kier alpha value is -3.60. The van der Waals surface area contributed by atoms with E-state index in [1.54, 1.807) is 54.6 Å². The van der Waals surface area contributed by atoms with E-state index in [2.05, 4.69) is 0 Å². The van der Waals surface area contributed by atoms with E-state index >= 15 is 0 Å². The second-order valence-electron chi connectivity index (χ2n) is 5.39. The van der Waals surface area contributed by atoms with Crippen molar-refractivity contribution in [3.63, 3.8) is 0 Å². The molecule has 0 aliphatic heterocycles. The Kier molecular flexibility index (Phi) is 4.48. The summed E-state index contributed by atoms with van der Waals surface area (Å²) >= 11 is 0. The van der Waals surface area contributed by atoms with Gasteiger partial charge in [-0.15, -0.1) is 0 Å². The van der Waals surface area contributed by atoms with Crippen molar-refractivity contribution in [3.05, 3.63) is 89.5 Å². The van der Waals surface area contributed by atoms with Crippen molar-refractivity contribution in [1.29, 1.82) is 0 Å². The van der Waals surface area contributed by atoms with E-state index in [1.807, 2.05) is 0 Å². The van der Waals surface area contributed by atoms with Crippen molar-refractivity contribution in [3.8, 4) is 11.5 Å². The Morgan fingerprint density at radius 1 is 0.840 bits per heavy atom. The van der Waals surface area contributed by atoms with Gasteiger partial charge in [0.1, 0.15) is 11.5 Å². The molecule has 0 aliphatic rings. The minimum absolute atomic E-state index is 0.137. The predicted octanol–water partition coefficient (Wildman–Crippen LogP) is 3.42. The number of nitrogens with two attached hydrogens (primary N) is 1. The number of nitrogen functional groups attached to an aromatic ring is 1. The third-order valence-corrected chi connectivity index (χ3v) is 3.61. The maximum absolute atomic E-state index is 12.4. The number of phenolic OH excluding ortho intramolecular Hbond substituents is 1. The molecule has 0 aromatic heterocycles. The molecular weight excluding hydrogens is 318 g/mol. The molecule has 3 aromatic carbocycles. The Morgan fingerprint density at radius 2 is 1.52 bits per heavy atom. The van der Waals surface area contributed by atoms with Crippen LogP contribution < -0.4 is 10.5 Å². The van der Waals surface area contributed by atoms with Gasteiger partial charge in [0.05, 0.1) is 11.1 Å². The van der Waals surface area contributed by atoms with Gasteiger partial charge in [-0.25, -0.2) is 4.79 Å². The Bertz CT molecular complexity index is 918. The largest absolute Gasteiger partial charge is 0.507 e. The van der Waals surface area contributed by atoms with Crippen LogP contribution in [0.1, 0.15) is 26.3 Å². The van der Waals surface area contributed by atoms with Crippen LogP contribution in [0, 0.1) is 0 Å². The van der Waals surface area contributed by atoms with Crippen molar-refractivity contribution in [1.82, 2.24) is 0 Å². The molecule has 0 fully saturated rings. The molecule has 0 aliphatic carbocycles. The second-order valence-corrected chi connectivity index (χ2v) is 5.39. The topological polar surface area (TPSA) is 89.6 Å². The summed E-state index contributed by atoms with van der Waals surface area (Å²) in [5, 5.41) is 10.1.